The molecule has 1 aliphatic carbocycles. The van der Waals surface area contributed by atoms with Crippen LogP contribution in [-0.2, 0) is 11.2 Å². The zero-order valence-electron chi connectivity index (χ0n) is 8.81. The summed E-state index contributed by atoms with van der Waals surface area (Å²) in [6.07, 6.45) is 3.03. The molecule has 0 aliphatic heterocycles. The summed E-state index contributed by atoms with van der Waals surface area (Å²) in [4.78, 5) is 18.7. The number of nitrogens with two attached hydrogens (primary N) is 2. The van der Waals surface area contributed by atoms with Crippen LogP contribution in [0.25, 0.3) is 0 Å². The van der Waals surface area contributed by atoms with Crippen LogP contribution >= 0.6 is 0 Å². The predicted molar refractivity (Wildman–Crippen MR) is 58.8 cm³/mol. The molecule has 5 N–H and O–H groups in total. The van der Waals surface area contributed by atoms with E-state index in [-0.39, 0.29) is 18.2 Å². The summed E-state index contributed by atoms with van der Waals surface area (Å²) >= 11 is 0. The molecule has 16 heavy (non-hydrogen) atoms. The van der Waals surface area contributed by atoms with Crippen molar-refractivity contribution >= 4 is 17.7 Å². The Kier molecular flexibility index (Phi) is 2.64. The van der Waals surface area contributed by atoms with Gasteiger partial charge >= 0.3 is 5.97 Å². The van der Waals surface area contributed by atoms with Crippen LogP contribution in [0.4, 0.5) is 11.8 Å². The summed E-state index contributed by atoms with van der Waals surface area (Å²) in [6, 6.07) is 0. The first-order valence-corrected chi connectivity index (χ1v) is 5.21. The fourth-order valence-corrected chi connectivity index (χ4v) is 1.89. The van der Waals surface area contributed by atoms with Gasteiger partial charge in [0.05, 0.1) is 12.1 Å². The molecule has 0 amide bonds. The summed E-state index contributed by atoms with van der Waals surface area (Å²) in [5, 5.41) is 8.82. The standard InChI is InChI=1S/C10H14N4O2/c11-9-6(4-7(15)16)8(5-2-1-3-5)13-10(12)14-9/h5H,1-4H2,(H,15,16)(H4,11,12,13,14). The smallest absolute Gasteiger partial charge is 0.308 e. The van der Waals surface area contributed by atoms with Gasteiger partial charge in [-0.05, 0) is 12.8 Å². The lowest BCUT2D eigenvalue weighted by Gasteiger charge is -2.27. The van der Waals surface area contributed by atoms with Crippen molar-refractivity contribution < 1.29 is 9.90 Å². The number of anilines is 2. The van der Waals surface area contributed by atoms with Crippen LogP contribution in [-0.4, -0.2) is 21.0 Å². The van der Waals surface area contributed by atoms with Crippen molar-refractivity contribution in [3.8, 4) is 0 Å². The number of nitrogens with zero attached hydrogens (tertiary/aromatic N) is 2. The summed E-state index contributed by atoms with van der Waals surface area (Å²) < 4.78 is 0. The van der Waals surface area contributed by atoms with Gasteiger partial charge in [0.2, 0.25) is 5.95 Å². The molecule has 0 radical (unpaired) electrons. The normalized spacial score (nSPS) is 15.8. The van der Waals surface area contributed by atoms with Gasteiger partial charge in [0.25, 0.3) is 0 Å². The zero-order chi connectivity index (χ0) is 11.7. The Morgan fingerprint density at radius 1 is 1.38 bits per heavy atom. The number of aromatic nitrogens is 2. The van der Waals surface area contributed by atoms with Gasteiger partial charge in [-0.2, -0.15) is 4.98 Å². The number of carboxylic acids is 1. The second kappa shape index (κ2) is 3.96. The highest BCUT2D eigenvalue weighted by Gasteiger charge is 2.26. The Morgan fingerprint density at radius 3 is 2.56 bits per heavy atom. The number of hydrogen-bond acceptors (Lipinski definition) is 5. The number of carbonyl (C=O) groups is 1. The summed E-state index contributed by atoms with van der Waals surface area (Å²) in [5.41, 5.74) is 12.5. The van der Waals surface area contributed by atoms with Crippen LogP contribution in [0.1, 0.15) is 36.4 Å². The van der Waals surface area contributed by atoms with Crippen molar-refractivity contribution in [2.24, 2.45) is 0 Å². The lowest BCUT2D eigenvalue weighted by Crippen LogP contribution is -2.19. The molecule has 1 fully saturated rings. The molecule has 6 heteroatoms. The molecule has 1 aliphatic rings. The van der Waals surface area contributed by atoms with Gasteiger partial charge in [-0.15, -0.1) is 0 Å². The van der Waals surface area contributed by atoms with Crippen molar-refractivity contribution in [1.29, 1.82) is 0 Å². The average Bonchev–Trinajstić information content (AvgIpc) is 2.07. The first-order chi connectivity index (χ1) is 7.58. The summed E-state index contributed by atoms with van der Waals surface area (Å²) in [6.45, 7) is 0. The molecule has 6 nitrogen and oxygen atoms in total. The summed E-state index contributed by atoms with van der Waals surface area (Å²) in [5.74, 6) is -0.326. The molecule has 0 atom stereocenters. The topological polar surface area (TPSA) is 115 Å². The second-order valence-electron chi connectivity index (χ2n) is 4.03. The van der Waals surface area contributed by atoms with Crippen molar-refractivity contribution in [3.05, 3.63) is 11.3 Å². The van der Waals surface area contributed by atoms with Gasteiger partial charge < -0.3 is 16.6 Å². The van der Waals surface area contributed by atoms with Crippen LogP contribution in [0.2, 0.25) is 0 Å². The molecule has 0 bridgehead atoms. The maximum absolute atomic E-state index is 10.7. The molecule has 86 valence electrons. The van der Waals surface area contributed by atoms with Gasteiger partial charge in [0.1, 0.15) is 5.82 Å². The van der Waals surface area contributed by atoms with E-state index in [9.17, 15) is 4.79 Å². The van der Waals surface area contributed by atoms with Gasteiger partial charge in [0, 0.05) is 11.5 Å². The third kappa shape index (κ3) is 1.91. The highest BCUT2D eigenvalue weighted by molar-refractivity contribution is 5.73. The van der Waals surface area contributed by atoms with Gasteiger partial charge in [-0.25, -0.2) is 4.98 Å². The van der Waals surface area contributed by atoms with E-state index >= 15 is 0 Å². The minimum atomic E-state index is -0.930. The van der Waals surface area contributed by atoms with E-state index in [1.165, 1.54) is 0 Å². The van der Waals surface area contributed by atoms with E-state index in [2.05, 4.69) is 9.97 Å². The minimum Gasteiger partial charge on any atom is -0.481 e. The van der Waals surface area contributed by atoms with Gasteiger partial charge in [0.15, 0.2) is 0 Å². The zero-order valence-corrected chi connectivity index (χ0v) is 8.81. The molecule has 0 spiro atoms. The van der Waals surface area contributed by atoms with E-state index in [1.807, 2.05) is 0 Å². The number of rotatable bonds is 3. The van der Waals surface area contributed by atoms with Gasteiger partial charge in [-0.3, -0.25) is 4.79 Å². The Labute approximate surface area is 92.7 Å². The average molecular weight is 222 g/mol. The van der Waals surface area contributed by atoms with E-state index in [1.54, 1.807) is 0 Å². The Bertz CT molecular complexity index is 429. The van der Waals surface area contributed by atoms with Crippen molar-refractivity contribution in [2.75, 3.05) is 11.5 Å². The lowest BCUT2D eigenvalue weighted by atomic mass is 9.80. The monoisotopic (exact) mass is 222 g/mol. The molecule has 1 heterocycles. The quantitative estimate of drug-likeness (QED) is 0.687. The fraction of sp³-hybridized carbons (Fsp3) is 0.500. The fourth-order valence-electron chi connectivity index (χ4n) is 1.89. The number of carboxylic acid groups (broad SMARTS) is 1. The molecular weight excluding hydrogens is 208 g/mol. The van der Waals surface area contributed by atoms with Crippen LogP contribution in [0.5, 0.6) is 0 Å². The van der Waals surface area contributed by atoms with Crippen LogP contribution in [0, 0.1) is 0 Å². The second-order valence-corrected chi connectivity index (χ2v) is 4.03. The summed E-state index contributed by atoms with van der Waals surface area (Å²) in [7, 11) is 0. The highest BCUT2D eigenvalue weighted by atomic mass is 16.4. The third-order valence-corrected chi connectivity index (χ3v) is 2.91. The van der Waals surface area contributed by atoms with Crippen LogP contribution in [0.3, 0.4) is 0 Å². The minimum absolute atomic E-state index is 0.119. The Morgan fingerprint density at radius 2 is 2.06 bits per heavy atom. The first kappa shape index (κ1) is 10.7. The maximum atomic E-state index is 10.7. The number of aliphatic carboxylic acids is 1. The van der Waals surface area contributed by atoms with E-state index in [0.717, 1.165) is 25.0 Å². The SMILES string of the molecule is Nc1nc(N)c(CC(=O)O)c(C2CCC2)n1. The molecule has 1 saturated carbocycles. The van der Waals surface area contributed by atoms with Gasteiger partial charge in [-0.1, -0.05) is 6.42 Å². The largest absolute Gasteiger partial charge is 0.481 e. The molecule has 0 saturated heterocycles. The molecule has 0 unspecified atom stereocenters. The van der Waals surface area contributed by atoms with Crippen molar-refractivity contribution in [1.82, 2.24) is 9.97 Å². The number of nitrogen functional groups attached to an aromatic ring is 2. The maximum Gasteiger partial charge on any atom is 0.308 e. The Hall–Kier alpha value is -1.85. The highest BCUT2D eigenvalue weighted by Crippen LogP contribution is 2.38. The van der Waals surface area contributed by atoms with E-state index in [0.29, 0.717) is 11.5 Å². The van der Waals surface area contributed by atoms with Crippen molar-refractivity contribution in [2.45, 2.75) is 31.6 Å². The van der Waals surface area contributed by atoms with Crippen LogP contribution in [0.15, 0.2) is 0 Å². The molecule has 1 aromatic heterocycles. The lowest BCUT2D eigenvalue weighted by molar-refractivity contribution is -0.136. The van der Waals surface area contributed by atoms with E-state index < -0.39 is 5.97 Å². The number of hydrogen-bond donors (Lipinski definition) is 3. The molecule has 1 aromatic rings. The van der Waals surface area contributed by atoms with Crippen LogP contribution < -0.4 is 11.5 Å². The van der Waals surface area contributed by atoms with Crippen molar-refractivity contribution in [3.63, 3.8) is 0 Å². The predicted octanol–water partition coefficient (Wildman–Crippen LogP) is 0.536. The van der Waals surface area contributed by atoms with E-state index in [4.69, 9.17) is 16.6 Å². The Balaban J connectivity index is 2.41. The third-order valence-electron chi connectivity index (χ3n) is 2.91. The molecular formula is C10H14N4O2. The molecule has 2 rings (SSSR count). The molecule has 0 aromatic carbocycles. The first-order valence-electron chi connectivity index (χ1n) is 5.21.